The number of amides is 1. The van der Waals surface area contributed by atoms with Crippen molar-refractivity contribution in [2.45, 2.75) is 20.8 Å². The third kappa shape index (κ3) is 4.61. The molecule has 1 aromatic heterocycles. The number of nitrogens with zero attached hydrogens (tertiary/aromatic N) is 2. The Labute approximate surface area is 158 Å². The standard InChI is InChI=1S/C21H22N4O2/c1-4-27-19-8-6-5-7-18(19)25-21-22-12-16(13-23-21)20(26)24-17-10-9-14(2)15(3)11-17/h5-13H,4H2,1-3H3,(H,24,26)(H,22,23,25). The second-order valence-corrected chi connectivity index (χ2v) is 6.10. The maximum atomic E-state index is 12.4. The van der Waals surface area contributed by atoms with Crippen molar-refractivity contribution in [3.05, 3.63) is 71.5 Å². The van der Waals surface area contributed by atoms with Crippen LogP contribution in [0.3, 0.4) is 0 Å². The lowest BCUT2D eigenvalue weighted by molar-refractivity contribution is 0.102. The summed E-state index contributed by atoms with van der Waals surface area (Å²) in [6.45, 7) is 6.53. The van der Waals surface area contributed by atoms with Crippen molar-refractivity contribution in [2.75, 3.05) is 17.2 Å². The number of aromatic nitrogens is 2. The van der Waals surface area contributed by atoms with E-state index in [1.165, 1.54) is 18.0 Å². The van der Waals surface area contributed by atoms with Gasteiger partial charge in [-0.15, -0.1) is 0 Å². The lowest BCUT2D eigenvalue weighted by Crippen LogP contribution is -2.13. The van der Waals surface area contributed by atoms with Gasteiger partial charge in [0, 0.05) is 18.1 Å². The molecule has 0 aliphatic carbocycles. The van der Waals surface area contributed by atoms with Crippen molar-refractivity contribution < 1.29 is 9.53 Å². The van der Waals surface area contributed by atoms with Crippen LogP contribution in [0.1, 0.15) is 28.4 Å². The number of nitrogens with one attached hydrogen (secondary N) is 2. The van der Waals surface area contributed by atoms with Crippen LogP contribution >= 0.6 is 0 Å². The normalized spacial score (nSPS) is 10.3. The Bertz CT molecular complexity index is 939. The van der Waals surface area contributed by atoms with Crippen LogP contribution in [0.4, 0.5) is 17.3 Å². The van der Waals surface area contributed by atoms with Gasteiger partial charge in [-0.25, -0.2) is 9.97 Å². The Morgan fingerprint density at radius 3 is 2.48 bits per heavy atom. The van der Waals surface area contributed by atoms with Gasteiger partial charge in [-0.2, -0.15) is 0 Å². The van der Waals surface area contributed by atoms with E-state index in [-0.39, 0.29) is 5.91 Å². The topological polar surface area (TPSA) is 76.1 Å². The fourth-order valence-corrected chi connectivity index (χ4v) is 2.50. The number of para-hydroxylation sites is 2. The van der Waals surface area contributed by atoms with Crippen molar-refractivity contribution >= 4 is 23.2 Å². The smallest absolute Gasteiger partial charge is 0.258 e. The van der Waals surface area contributed by atoms with Crippen LogP contribution in [-0.2, 0) is 0 Å². The third-order valence-electron chi connectivity index (χ3n) is 4.11. The molecular weight excluding hydrogens is 340 g/mol. The van der Waals surface area contributed by atoms with Gasteiger partial charge in [0.15, 0.2) is 0 Å². The van der Waals surface area contributed by atoms with Crippen LogP contribution in [0.5, 0.6) is 5.75 Å². The average molecular weight is 362 g/mol. The highest BCUT2D eigenvalue weighted by Crippen LogP contribution is 2.26. The molecule has 6 nitrogen and oxygen atoms in total. The Kier molecular flexibility index (Phi) is 5.66. The van der Waals surface area contributed by atoms with E-state index < -0.39 is 0 Å². The number of aryl methyl sites for hydroxylation is 2. The number of benzene rings is 2. The summed E-state index contributed by atoms with van der Waals surface area (Å²) in [5.74, 6) is 0.865. The summed E-state index contributed by atoms with van der Waals surface area (Å²) in [4.78, 5) is 20.8. The van der Waals surface area contributed by atoms with E-state index in [9.17, 15) is 4.79 Å². The molecule has 2 N–H and O–H groups in total. The molecule has 0 spiro atoms. The molecular formula is C21H22N4O2. The molecule has 138 valence electrons. The second kappa shape index (κ2) is 8.31. The number of hydrogen-bond acceptors (Lipinski definition) is 5. The molecule has 0 atom stereocenters. The Hall–Kier alpha value is -3.41. The van der Waals surface area contributed by atoms with Crippen LogP contribution in [-0.4, -0.2) is 22.5 Å². The van der Waals surface area contributed by atoms with Crippen LogP contribution in [0.15, 0.2) is 54.9 Å². The van der Waals surface area contributed by atoms with E-state index >= 15 is 0 Å². The Morgan fingerprint density at radius 2 is 1.78 bits per heavy atom. The van der Waals surface area contributed by atoms with Crippen LogP contribution in [0, 0.1) is 13.8 Å². The zero-order chi connectivity index (χ0) is 19.2. The van der Waals surface area contributed by atoms with Crippen LogP contribution in [0.25, 0.3) is 0 Å². The summed E-state index contributed by atoms with van der Waals surface area (Å²) in [6, 6.07) is 13.3. The molecule has 0 bridgehead atoms. The minimum absolute atomic E-state index is 0.250. The first-order valence-electron chi connectivity index (χ1n) is 8.76. The molecule has 2 aromatic carbocycles. The maximum Gasteiger partial charge on any atom is 0.258 e. The van der Waals surface area contributed by atoms with E-state index in [1.54, 1.807) is 0 Å². The van der Waals surface area contributed by atoms with E-state index in [4.69, 9.17) is 4.74 Å². The van der Waals surface area contributed by atoms with Crippen LogP contribution in [0.2, 0.25) is 0 Å². The highest BCUT2D eigenvalue weighted by atomic mass is 16.5. The van der Waals surface area contributed by atoms with E-state index in [0.717, 1.165) is 22.7 Å². The third-order valence-corrected chi connectivity index (χ3v) is 4.11. The number of carbonyl (C=O) groups excluding carboxylic acids is 1. The van der Waals surface area contributed by atoms with E-state index in [0.29, 0.717) is 18.1 Å². The minimum atomic E-state index is -0.250. The van der Waals surface area contributed by atoms with Gasteiger partial charge in [0.2, 0.25) is 5.95 Å². The molecule has 1 heterocycles. The fourth-order valence-electron chi connectivity index (χ4n) is 2.50. The van der Waals surface area contributed by atoms with Gasteiger partial charge in [-0.05, 0) is 56.2 Å². The Morgan fingerprint density at radius 1 is 1.04 bits per heavy atom. The highest BCUT2D eigenvalue weighted by Gasteiger charge is 2.09. The van der Waals surface area contributed by atoms with Gasteiger partial charge in [0.05, 0.1) is 17.9 Å². The fraction of sp³-hybridized carbons (Fsp3) is 0.190. The maximum absolute atomic E-state index is 12.4. The zero-order valence-electron chi connectivity index (χ0n) is 15.6. The first-order chi connectivity index (χ1) is 13.1. The largest absolute Gasteiger partial charge is 0.492 e. The van der Waals surface area contributed by atoms with Gasteiger partial charge < -0.3 is 15.4 Å². The molecule has 0 radical (unpaired) electrons. The minimum Gasteiger partial charge on any atom is -0.492 e. The summed E-state index contributed by atoms with van der Waals surface area (Å²) < 4.78 is 5.57. The van der Waals surface area contributed by atoms with Crippen molar-refractivity contribution in [2.24, 2.45) is 0 Å². The van der Waals surface area contributed by atoms with E-state index in [2.05, 4.69) is 20.6 Å². The molecule has 0 aliphatic rings. The lowest BCUT2D eigenvalue weighted by atomic mass is 10.1. The summed E-state index contributed by atoms with van der Waals surface area (Å²) in [5, 5.41) is 5.97. The number of carbonyl (C=O) groups is 1. The van der Waals surface area contributed by atoms with Crippen molar-refractivity contribution in [3.8, 4) is 5.75 Å². The van der Waals surface area contributed by atoms with Crippen LogP contribution < -0.4 is 15.4 Å². The molecule has 0 saturated heterocycles. The second-order valence-electron chi connectivity index (χ2n) is 6.10. The summed E-state index contributed by atoms with van der Waals surface area (Å²) in [7, 11) is 0. The quantitative estimate of drug-likeness (QED) is 0.676. The Balaban J connectivity index is 1.69. The van der Waals surface area contributed by atoms with Gasteiger partial charge in [0.25, 0.3) is 5.91 Å². The molecule has 3 aromatic rings. The average Bonchev–Trinajstić information content (AvgIpc) is 2.67. The molecule has 0 saturated carbocycles. The van der Waals surface area contributed by atoms with Crippen molar-refractivity contribution in [1.29, 1.82) is 0 Å². The number of rotatable bonds is 6. The predicted molar refractivity (Wildman–Crippen MR) is 107 cm³/mol. The van der Waals surface area contributed by atoms with Gasteiger partial charge >= 0.3 is 0 Å². The van der Waals surface area contributed by atoms with Crippen molar-refractivity contribution in [3.63, 3.8) is 0 Å². The van der Waals surface area contributed by atoms with Gasteiger partial charge in [-0.3, -0.25) is 4.79 Å². The van der Waals surface area contributed by atoms with Gasteiger partial charge in [-0.1, -0.05) is 18.2 Å². The molecule has 6 heteroatoms. The first-order valence-corrected chi connectivity index (χ1v) is 8.76. The number of anilines is 3. The highest BCUT2D eigenvalue weighted by molar-refractivity contribution is 6.04. The molecule has 1 amide bonds. The summed E-state index contributed by atoms with van der Waals surface area (Å²) in [5.41, 5.74) is 4.20. The molecule has 27 heavy (non-hydrogen) atoms. The van der Waals surface area contributed by atoms with Crippen molar-refractivity contribution in [1.82, 2.24) is 9.97 Å². The van der Waals surface area contributed by atoms with Gasteiger partial charge in [0.1, 0.15) is 5.75 Å². The monoisotopic (exact) mass is 362 g/mol. The lowest BCUT2D eigenvalue weighted by Gasteiger charge is -2.11. The molecule has 0 fully saturated rings. The van der Waals surface area contributed by atoms with E-state index in [1.807, 2.05) is 63.2 Å². The molecule has 0 unspecified atom stereocenters. The molecule has 3 rings (SSSR count). The number of ether oxygens (including phenoxy) is 1. The predicted octanol–water partition coefficient (Wildman–Crippen LogP) is 4.49. The summed E-state index contributed by atoms with van der Waals surface area (Å²) in [6.07, 6.45) is 2.99. The molecule has 0 aliphatic heterocycles. The first kappa shape index (κ1) is 18.4. The number of hydrogen-bond donors (Lipinski definition) is 2. The zero-order valence-corrected chi connectivity index (χ0v) is 15.6. The SMILES string of the molecule is CCOc1ccccc1Nc1ncc(C(=O)Nc2ccc(C)c(C)c2)cn1. The summed E-state index contributed by atoms with van der Waals surface area (Å²) >= 11 is 0.